The predicted octanol–water partition coefficient (Wildman–Crippen LogP) is 5.98. The number of aryl methyl sites for hydroxylation is 1. The SMILES string of the molecule is CC[C@@H](NC(=O)c1cnc(CCC(C)C)nc1)C(C)(C)[C@@H](CC)Oc1ccc(C#N)c(Cl)c1. The van der Waals surface area contributed by atoms with Crippen LogP contribution in [0.25, 0.3) is 0 Å². The van der Waals surface area contributed by atoms with Gasteiger partial charge in [0.1, 0.15) is 23.7 Å². The molecule has 7 heteroatoms. The van der Waals surface area contributed by atoms with Gasteiger partial charge in [0.05, 0.1) is 16.1 Å². The molecule has 178 valence electrons. The van der Waals surface area contributed by atoms with Crippen molar-refractivity contribution in [2.24, 2.45) is 11.3 Å². The van der Waals surface area contributed by atoms with E-state index < -0.39 is 0 Å². The number of benzene rings is 1. The fraction of sp³-hybridized carbons (Fsp3) is 0.538. The van der Waals surface area contributed by atoms with Gasteiger partial charge in [0.25, 0.3) is 5.91 Å². The number of aromatic nitrogens is 2. The molecule has 1 heterocycles. The number of carbonyl (C=O) groups excluding carboxylic acids is 1. The van der Waals surface area contributed by atoms with Crippen molar-refractivity contribution in [2.75, 3.05) is 0 Å². The summed E-state index contributed by atoms with van der Waals surface area (Å²) in [7, 11) is 0. The van der Waals surface area contributed by atoms with Crippen molar-refractivity contribution < 1.29 is 9.53 Å². The number of amides is 1. The van der Waals surface area contributed by atoms with E-state index in [2.05, 4.69) is 56.0 Å². The maximum atomic E-state index is 12.9. The molecule has 1 amide bonds. The highest BCUT2D eigenvalue weighted by Crippen LogP contribution is 2.34. The standard InChI is InChI=1S/C26H35ClN4O2/c1-7-22(31-25(32)19-15-29-24(30-16-19)12-9-17(3)4)26(5,6)23(8-2)33-20-11-10-18(14-28)21(27)13-20/h10-11,13,15-17,22-23H,7-9,12H2,1-6H3,(H,31,32)/t22-,23-/m1/s1. The van der Waals surface area contributed by atoms with E-state index in [0.29, 0.717) is 27.8 Å². The van der Waals surface area contributed by atoms with Crippen molar-refractivity contribution in [3.05, 3.63) is 52.6 Å². The van der Waals surface area contributed by atoms with E-state index in [1.54, 1.807) is 30.6 Å². The Balaban J connectivity index is 2.11. The van der Waals surface area contributed by atoms with Gasteiger partial charge >= 0.3 is 0 Å². The molecule has 0 spiro atoms. The fourth-order valence-electron chi connectivity index (χ4n) is 3.88. The van der Waals surface area contributed by atoms with Gasteiger partial charge in [-0.25, -0.2) is 9.97 Å². The summed E-state index contributed by atoms with van der Waals surface area (Å²) in [6.07, 6.45) is 6.32. The van der Waals surface area contributed by atoms with Crippen LogP contribution in [0.15, 0.2) is 30.6 Å². The maximum Gasteiger partial charge on any atom is 0.254 e. The lowest BCUT2D eigenvalue weighted by Crippen LogP contribution is -2.51. The van der Waals surface area contributed by atoms with Crippen LogP contribution in [0.5, 0.6) is 5.75 Å². The first-order chi connectivity index (χ1) is 15.6. The molecule has 2 rings (SSSR count). The Morgan fingerprint density at radius 1 is 1.21 bits per heavy atom. The summed E-state index contributed by atoms with van der Waals surface area (Å²) in [5, 5.41) is 12.6. The van der Waals surface area contributed by atoms with E-state index in [-0.39, 0.29) is 23.5 Å². The number of ether oxygens (including phenoxy) is 1. The monoisotopic (exact) mass is 470 g/mol. The lowest BCUT2D eigenvalue weighted by Gasteiger charge is -2.40. The molecule has 0 saturated heterocycles. The molecule has 1 aromatic carbocycles. The summed E-state index contributed by atoms with van der Waals surface area (Å²) in [6.45, 7) is 12.6. The van der Waals surface area contributed by atoms with E-state index in [1.165, 1.54) is 0 Å². The zero-order chi connectivity index (χ0) is 24.6. The third kappa shape index (κ3) is 7.17. The zero-order valence-corrected chi connectivity index (χ0v) is 21.2. The summed E-state index contributed by atoms with van der Waals surface area (Å²) in [5.41, 5.74) is 0.482. The molecule has 6 nitrogen and oxygen atoms in total. The van der Waals surface area contributed by atoms with Gasteiger partial charge < -0.3 is 10.1 Å². The Morgan fingerprint density at radius 3 is 2.39 bits per heavy atom. The first-order valence-corrected chi connectivity index (χ1v) is 12.0. The molecular formula is C26H35ClN4O2. The van der Waals surface area contributed by atoms with Crippen molar-refractivity contribution >= 4 is 17.5 Å². The van der Waals surface area contributed by atoms with Gasteiger partial charge in [-0.3, -0.25) is 4.79 Å². The highest BCUT2D eigenvalue weighted by Gasteiger charge is 2.38. The van der Waals surface area contributed by atoms with Crippen molar-refractivity contribution in [1.82, 2.24) is 15.3 Å². The summed E-state index contributed by atoms with van der Waals surface area (Å²) in [4.78, 5) is 21.7. The number of hydrogen-bond acceptors (Lipinski definition) is 5. The number of nitriles is 1. The lowest BCUT2D eigenvalue weighted by atomic mass is 9.76. The van der Waals surface area contributed by atoms with Crippen LogP contribution in [-0.2, 0) is 6.42 Å². The minimum absolute atomic E-state index is 0.135. The highest BCUT2D eigenvalue weighted by atomic mass is 35.5. The fourth-order valence-corrected chi connectivity index (χ4v) is 4.10. The molecule has 1 aromatic heterocycles. The third-order valence-corrected chi connectivity index (χ3v) is 6.38. The van der Waals surface area contributed by atoms with Crippen LogP contribution in [0.4, 0.5) is 0 Å². The summed E-state index contributed by atoms with van der Waals surface area (Å²) >= 11 is 6.17. The predicted molar refractivity (Wildman–Crippen MR) is 131 cm³/mol. The number of rotatable bonds is 11. The molecular weight excluding hydrogens is 436 g/mol. The minimum Gasteiger partial charge on any atom is -0.490 e. The second-order valence-electron chi connectivity index (χ2n) is 9.34. The van der Waals surface area contributed by atoms with Crippen LogP contribution in [0.3, 0.4) is 0 Å². The minimum atomic E-state index is -0.377. The average Bonchev–Trinajstić information content (AvgIpc) is 2.79. The Hall–Kier alpha value is -2.65. The number of hydrogen-bond donors (Lipinski definition) is 1. The van der Waals surface area contributed by atoms with E-state index in [0.717, 1.165) is 31.5 Å². The van der Waals surface area contributed by atoms with Crippen molar-refractivity contribution in [2.45, 2.75) is 79.4 Å². The van der Waals surface area contributed by atoms with Crippen molar-refractivity contribution in [3.8, 4) is 11.8 Å². The molecule has 0 radical (unpaired) electrons. The number of carbonyl (C=O) groups is 1. The zero-order valence-electron chi connectivity index (χ0n) is 20.5. The molecule has 1 N–H and O–H groups in total. The summed E-state index contributed by atoms with van der Waals surface area (Å²) in [6, 6.07) is 6.99. The number of nitrogens with one attached hydrogen (secondary N) is 1. The van der Waals surface area contributed by atoms with E-state index in [9.17, 15) is 4.79 Å². The van der Waals surface area contributed by atoms with Crippen LogP contribution < -0.4 is 10.1 Å². The maximum absolute atomic E-state index is 12.9. The Morgan fingerprint density at radius 2 is 1.88 bits per heavy atom. The highest BCUT2D eigenvalue weighted by molar-refractivity contribution is 6.31. The molecule has 0 bridgehead atoms. The van der Waals surface area contributed by atoms with Crippen LogP contribution in [0, 0.1) is 22.7 Å². The van der Waals surface area contributed by atoms with Gasteiger partial charge in [-0.2, -0.15) is 5.26 Å². The van der Waals surface area contributed by atoms with Gasteiger partial charge in [0.2, 0.25) is 0 Å². The normalized spacial score (nSPS) is 13.3. The summed E-state index contributed by atoms with van der Waals surface area (Å²) in [5.74, 6) is 1.75. The topological polar surface area (TPSA) is 87.9 Å². The molecule has 2 aromatic rings. The number of nitrogens with zero attached hydrogens (tertiary/aromatic N) is 3. The summed E-state index contributed by atoms with van der Waals surface area (Å²) < 4.78 is 6.27. The second kappa shape index (κ2) is 12.0. The molecule has 0 saturated carbocycles. The van der Waals surface area contributed by atoms with Crippen molar-refractivity contribution in [3.63, 3.8) is 0 Å². The van der Waals surface area contributed by atoms with Gasteiger partial charge in [0.15, 0.2) is 0 Å². The van der Waals surface area contributed by atoms with Crippen molar-refractivity contribution in [1.29, 1.82) is 5.26 Å². The quantitative estimate of drug-likeness (QED) is 0.436. The molecule has 0 aliphatic carbocycles. The molecule has 0 aliphatic heterocycles. The van der Waals surface area contributed by atoms with Crippen LogP contribution >= 0.6 is 11.6 Å². The lowest BCUT2D eigenvalue weighted by molar-refractivity contribution is 0.0356. The Bertz CT molecular complexity index is 967. The van der Waals surface area contributed by atoms with Gasteiger partial charge in [-0.15, -0.1) is 0 Å². The molecule has 2 atom stereocenters. The third-order valence-electron chi connectivity index (χ3n) is 6.06. The first-order valence-electron chi connectivity index (χ1n) is 11.6. The molecule has 0 fully saturated rings. The van der Waals surface area contributed by atoms with E-state index in [1.807, 2.05) is 6.92 Å². The van der Waals surface area contributed by atoms with E-state index in [4.69, 9.17) is 21.6 Å². The Labute approximate surface area is 202 Å². The van der Waals surface area contributed by atoms with Crippen LogP contribution in [0.2, 0.25) is 5.02 Å². The second-order valence-corrected chi connectivity index (χ2v) is 9.75. The van der Waals surface area contributed by atoms with Gasteiger partial charge in [-0.1, -0.05) is 53.1 Å². The van der Waals surface area contributed by atoms with E-state index >= 15 is 0 Å². The molecule has 0 aliphatic rings. The number of halogens is 1. The first kappa shape index (κ1) is 26.6. The van der Waals surface area contributed by atoms with Gasteiger partial charge in [0, 0.05) is 36.3 Å². The van der Waals surface area contributed by atoms with Crippen LogP contribution in [0.1, 0.15) is 82.6 Å². The van der Waals surface area contributed by atoms with Crippen LogP contribution in [-0.4, -0.2) is 28.0 Å². The Kier molecular flexibility index (Phi) is 9.67. The molecule has 33 heavy (non-hydrogen) atoms. The molecule has 0 unspecified atom stereocenters. The average molecular weight is 471 g/mol. The van der Waals surface area contributed by atoms with Gasteiger partial charge in [-0.05, 0) is 37.3 Å². The smallest absolute Gasteiger partial charge is 0.254 e. The largest absolute Gasteiger partial charge is 0.490 e.